The number of hydrogen-bond donors (Lipinski definition) is 0. The number of rotatable bonds is 4. The van der Waals surface area contributed by atoms with E-state index in [1.54, 1.807) is 25.7 Å². The number of fused-ring (bicyclic) bond motifs is 4. The lowest BCUT2D eigenvalue weighted by Crippen LogP contribution is -2.54. The highest BCUT2D eigenvalue weighted by Gasteiger charge is 2.58. The molecule has 8 saturated carbocycles. The van der Waals surface area contributed by atoms with Crippen molar-refractivity contribution in [2.75, 3.05) is 0 Å². The second-order valence-corrected chi connectivity index (χ2v) is 19.4. The van der Waals surface area contributed by atoms with E-state index in [2.05, 4.69) is 53.7 Å². The largest absolute Gasteiger partial charge is 0.0625 e. The molecule has 1 spiro atoms. The highest BCUT2D eigenvalue weighted by molar-refractivity contribution is 5.50. The van der Waals surface area contributed by atoms with E-state index in [4.69, 9.17) is 0 Å². The molecule has 0 aromatic heterocycles. The van der Waals surface area contributed by atoms with Crippen LogP contribution in [-0.4, -0.2) is 0 Å². The van der Waals surface area contributed by atoms with E-state index in [-0.39, 0.29) is 0 Å². The lowest BCUT2D eigenvalue weighted by molar-refractivity contribution is -0.0992. The zero-order chi connectivity index (χ0) is 28.4. The van der Waals surface area contributed by atoms with Gasteiger partial charge in [0.1, 0.15) is 0 Å². The molecule has 8 aliphatic carbocycles. The Labute approximate surface area is 253 Å². The predicted molar refractivity (Wildman–Crippen MR) is 173 cm³/mol. The van der Waals surface area contributed by atoms with Crippen molar-refractivity contribution < 1.29 is 0 Å². The van der Waals surface area contributed by atoms with Gasteiger partial charge in [-0.05, 0) is 200 Å². The fourth-order valence-corrected chi connectivity index (χ4v) is 15.1. The van der Waals surface area contributed by atoms with E-state index in [0.717, 1.165) is 47.3 Å². The van der Waals surface area contributed by atoms with Gasteiger partial charge in [-0.25, -0.2) is 0 Å². The van der Waals surface area contributed by atoms with Gasteiger partial charge in [0.25, 0.3) is 0 Å². The van der Waals surface area contributed by atoms with Gasteiger partial charge in [-0.15, -0.1) is 0 Å². The predicted octanol–water partition coefficient (Wildman–Crippen LogP) is 11.3. The van der Waals surface area contributed by atoms with Crippen LogP contribution in [0.2, 0.25) is 0 Å². The van der Waals surface area contributed by atoms with E-state index in [9.17, 15) is 0 Å². The summed E-state index contributed by atoms with van der Waals surface area (Å²) in [5.41, 5.74) is 9.29. The molecule has 0 aliphatic heterocycles. The molecule has 8 aliphatic rings. The van der Waals surface area contributed by atoms with E-state index in [0.29, 0.717) is 21.7 Å². The second-order valence-electron chi connectivity index (χ2n) is 19.4. The molecule has 8 fully saturated rings. The van der Waals surface area contributed by atoms with Crippen molar-refractivity contribution in [1.29, 1.82) is 0 Å². The quantitative estimate of drug-likeness (QED) is 0.347. The average molecular weight is 555 g/mol. The Hall–Kier alpha value is -0.780. The minimum atomic E-state index is 0.376. The fraction of sp³-hybridized carbons (Fsp3) is 0.854. The molecule has 0 heteroatoms. The molecule has 6 atom stereocenters. The van der Waals surface area contributed by atoms with Crippen molar-refractivity contribution in [3.05, 3.63) is 34.4 Å². The first kappa shape index (κ1) is 27.7. The molecule has 7 bridgehead atoms. The van der Waals surface area contributed by atoms with E-state index >= 15 is 0 Å². The summed E-state index contributed by atoms with van der Waals surface area (Å²) in [6.45, 7) is 15.8. The molecule has 6 unspecified atom stereocenters. The van der Waals surface area contributed by atoms with Crippen molar-refractivity contribution in [2.24, 2.45) is 52.8 Å². The minimum absolute atomic E-state index is 0.376. The van der Waals surface area contributed by atoms with Crippen LogP contribution in [0.5, 0.6) is 0 Å². The van der Waals surface area contributed by atoms with Gasteiger partial charge in [-0.3, -0.25) is 0 Å². The third-order valence-corrected chi connectivity index (χ3v) is 15.1. The number of benzene rings is 1. The van der Waals surface area contributed by atoms with Gasteiger partial charge in [-0.2, -0.15) is 0 Å². The third kappa shape index (κ3) is 4.47. The van der Waals surface area contributed by atoms with Crippen LogP contribution in [0.3, 0.4) is 0 Å². The summed E-state index contributed by atoms with van der Waals surface area (Å²) in [5.74, 6) is 7.68. The highest BCUT2D eigenvalue weighted by Crippen LogP contribution is 2.68. The SMILES string of the molecule is CCc1c(C2(C)CC3CC(C)CC(C3)C2)cc(C23CC(C)CC(CC(C)C2)C3)cc1C1(C)CC2CC3CC(C3)(C2)C1. The van der Waals surface area contributed by atoms with Crippen LogP contribution in [0.25, 0.3) is 0 Å². The first-order valence-electron chi connectivity index (χ1n) is 18.7. The molecule has 0 radical (unpaired) electrons. The summed E-state index contributed by atoms with van der Waals surface area (Å²) in [6, 6.07) is 5.85. The molecule has 41 heavy (non-hydrogen) atoms. The van der Waals surface area contributed by atoms with Gasteiger partial charge < -0.3 is 0 Å². The molecular weight excluding hydrogens is 492 g/mol. The molecule has 0 N–H and O–H groups in total. The zero-order valence-corrected chi connectivity index (χ0v) is 27.8. The van der Waals surface area contributed by atoms with E-state index in [1.807, 2.05) is 22.3 Å². The summed E-state index contributed by atoms with van der Waals surface area (Å²) >= 11 is 0. The first-order chi connectivity index (χ1) is 19.5. The van der Waals surface area contributed by atoms with E-state index in [1.165, 1.54) is 83.5 Å². The van der Waals surface area contributed by atoms with Crippen molar-refractivity contribution in [2.45, 2.75) is 167 Å². The zero-order valence-electron chi connectivity index (χ0n) is 27.8. The maximum atomic E-state index is 2.93. The van der Waals surface area contributed by atoms with Crippen LogP contribution in [-0.2, 0) is 22.7 Å². The van der Waals surface area contributed by atoms with Crippen LogP contribution in [0.4, 0.5) is 0 Å². The Bertz CT molecular complexity index is 1140. The summed E-state index contributed by atoms with van der Waals surface area (Å²) < 4.78 is 0. The Morgan fingerprint density at radius 2 is 1.05 bits per heavy atom. The van der Waals surface area contributed by atoms with Crippen LogP contribution in [0.1, 0.15) is 167 Å². The molecule has 226 valence electrons. The summed E-state index contributed by atoms with van der Waals surface area (Å²) in [4.78, 5) is 0. The van der Waals surface area contributed by atoms with Gasteiger partial charge >= 0.3 is 0 Å². The van der Waals surface area contributed by atoms with Crippen LogP contribution in [0, 0.1) is 52.8 Å². The fourth-order valence-electron chi connectivity index (χ4n) is 15.1. The summed E-state index contributed by atoms with van der Waals surface area (Å²) in [7, 11) is 0. The lowest BCUT2D eigenvalue weighted by atomic mass is 9.41. The van der Waals surface area contributed by atoms with Crippen molar-refractivity contribution >= 4 is 0 Å². The molecule has 9 rings (SSSR count). The van der Waals surface area contributed by atoms with Crippen molar-refractivity contribution in [3.8, 4) is 0 Å². The van der Waals surface area contributed by atoms with Gasteiger partial charge in [0.05, 0.1) is 0 Å². The molecule has 1 aromatic rings. The Balaban J connectivity index is 1.29. The van der Waals surface area contributed by atoms with Crippen LogP contribution < -0.4 is 0 Å². The second kappa shape index (κ2) is 9.36. The summed E-state index contributed by atoms with van der Waals surface area (Å²) in [5, 5.41) is 0. The third-order valence-electron chi connectivity index (χ3n) is 15.1. The van der Waals surface area contributed by atoms with Crippen LogP contribution in [0.15, 0.2) is 12.1 Å². The maximum Gasteiger partial charge on any atom is -0.00391 e. The normalized spacial score (nSPS) is 52.0. The highest BCUT2D eigenvalue weighted by atomic mass is 14.6. The topological polar surface area (TPSA) is 0 Å². The Morgan fingerprint density at radius 1 is 0.561 bits per heavy atom. The van der Waals surface area contributed by atoms with Crippen molar-refractivity contribution in [1.82, 2.24) is 0 Å². The molecule has 1 aromatic carbocycles. The Kier molecular flexibility index (Phi) is 6.34. The number of hydrogen-bond acceptors (Lipinski definition) is 0. The molecule has 0 saturated heterocycles. The maximum absolute atomic E-state index is 2.93. The molecular formula is C41H62. The average Bonchev–Trinajstić information content (AvgIpc) is 2.84. The van der Waals surface area contributed by atoms with Gasteiger partial charge in [0.15, 0.2) is 0 Å². The van der Waals surface area contributed by atoms with Gasteiger partial charge in [0.2, 0.25) is 0 Å². The summed E-state index contributed by atoms with van der Waals surface area (Å²) in [6.07, 6.45) is 25.2. The smallest absolute Gasteiger partial charge is 0.00391 e. The van der Waals surface area contributed by atoms with Crippen LogP contribution >= 0.6 is 0 Å². The molecule has 0 heterocycles. The molecule has 0 amide bonds. The first-order valence-corrected chi connectivity index (χ1v) is 18.7. The van der Waals surface area contributed by atoms with Crippen molar-refractivity contribution in [3.63, 3.8) is 0 Å². The van der Waals surface area contributed by atoms with Gasteiger partial charge in [-0.1, -0.05) is 53.7 Å². The van der Waals surface area contributed by atoms with Gasteiger partial charge in [0, 0.05) is 0 Å². The molecule has 0 nitrogen and oxygen atoms in total. The lowest BCUT2D eigenvalue weighted by Gasteiger charge is -2.63. The standard InChI is InChI=1S/C41H62/c1-7-35-36(38(5)18-30-8-26(2)9-31(12-30)19-38)14-34(41-16-27(3)10-29(24-41)11-28(4)17-41)15-37(35)39(6)20-32-13-33-22-40(21-32,23-33)25-39/h14-15,26-33H,7-13,16-25H2,1-6H3. The van der Waals surface area contributed by atoms with E-state index < -0.39 is 0 Å². The minimum Gasteiger partial charge on any atom is -0.0625 e. The monoisotopic (exact) mass is 554 g/mol. The Morgan fingerprint density at radius 3 is 1.63 bits per heavy atom.